The first-order chi connectivity index (χ1) is 7.54. The summed E-state index contributed by atoms with van der Waals surface area (Å²) in [5.41, 5.74) is 5.77. The number of carbonyl (C=O) groups excluding carboxylic acids is 1. The van der Waals surface area contributed by atoms with Gasteiger partial charge in [0.1, 0.15) is 0 Å². The van der Waals surface area contributed by atoms with Gasteiger partial charge in [-0.1, -0.05) is 0 Å². The fourth-order valence-electron chi connectivity index (χ4n) is 2.20. The van der Waals surface area contributed by atoms with Gasteiger partial charge in [0.05, 0.1) is 12.7 Å². The zero-order chi connectivity index (χ0) is 12.1. The van der Waals surface area contributed by atoms with Gasteiger partial charge in [-0.3, -0.25) is 4.79 Å². The summed E-state index contributed by atoms with van der Waals surface area (Å²) in [5, 5.41) is 9.52. The van der Waals surface area contributed by atoms with Crippen LogP contribution in [0.2, 0.25) is 0 Å². The third-order valence-corrected chi connectivity index (χ3v) is 3.04. The van der Waals surface area contributed by atoms with Crippen molar-refractivity contribution in [3.05, 3.63) is 0 Å². The lowest BCUT2D eigenvalue weighted by Gasteiger charge is -2.23. The number of aliphatic hydroxyl groups excluding tert-OH is 1. The molecule has 0 spiro atoms. The van der Waals surface area contributed by atoms with Crippen LogP contribution in [0.5, 0.6) is 0 Å². The highest BCUT2D eigenvalue weighted by molar-refractivity contribution is 5.79. The van der Waals surface area contributed by atoms with Gasteiger partial charge in [0.2, 0.25) is 5.91 Å². The fourth-order valence-corrected chi connectivity index (χ4v) is 2.20. The van der Waals surface area contributed by atoms with Crippen molar-refractivity contribution >= 4 is 5.91 Å². The van der Waals surface area contributed by atoms with Gasteiger partial charge in [0, 0.05) is 32.7 Å². The van der Waals surface area contributed by atoms with E-state index in [9.17, 15) is 9.90 Å². The van der Waals surface area contributed by atoms with E-state index in [0.29, 0.717) is 6.54 Å². The number of carbonyl (C=O) groups is 1. The van der Waals surface area contributed by atoms with E-state index in [0.717, 1.165) is 19.3 Å². The summed E-state index contributed by atoms with van der Waals surface area (Å²) in [4.78, 5) is 13.5. The molecule has 0 aliphatic heterocycles. The Balaban J connectivity index is 2.35. The van der Waals surface area contributed by atoms with Crippen LogP contribution < -0.4 is 5.73 Å². The second-order valence-corrected chi connectivity index (χ2v) is 4.60. The average Bonchev–Trinajstić information content (AvgIpc) is 2.64. The molecule has 1 amide bonds. The molecule has 1 aliphatic carbocycles. The van der Waals surface area contributed by atoms with E-state index >= 15 is 0 Å². The molecule has 0 saturated heterocycles. The molecule has 1 fully saturated rings. The third kappa shape index (κ3) is 3.73. The van der Waals surface area contributed by atoms with Crippen molar-refractivity contribution in [1.82, 2.24) is 4.90 Å². The number of nitrogens with two attached hydrogens (primary N) is 1. The Morgan fingerprint density at radius 1 is 1.62 bits per heavy atom. The maximum atomic E-state index is 11.9. The van der Waals surface area contributed by atoms with Crippen LogP contribution in [-0.2, 0) is 9.53 Å². The minimum absolute atomic E-state index is 0.0368. The van der Waals surface area contributed by atoms with Crippen LogP contribution in [0.15, 0.2) is 0 Å². The minimum atomic E-state index is -0.617. The van der Waals surface area contributed by atoms with E-state index in [4.69, 9.17) is 10.5 Å². The number of methoxy groups -OCH3 is 1. The number of likely N-dealkylation sites (N-methyl/N-ethyl adjacent to an activating group) is 1. The molecule has 0 aromatic rings. The Hall–Kier alpha value is -0.650. The van der Waals surface area contributed by atoms with Crippen molar-refractivity contribution in [2.24, 2.45) is 11.7 Å². The lowest BCUT2D eigenvalue weighted by molar-refractivity contribution is -0.135. The highest BCUT2D eigenvalue weighted by atomic mass is 16.5. The highest BCUT2D eigenvalue weighted by Gasteiger charge is 2.30. The largest absolute Gasteiger partial charge is 0.389 e. The summed E-state index contributed by atoms with van der Waals surface area (Å²) in [5.74, 6) is 0.123. The average molecular weight is 230 g/mol. The molecule has 3 unspecified atom stereocenters. The van der Waals surface area contributed by atoms with Crippen molar-refractivity contribution in [3.63, 3.8) is 0 Å². The topological polar surface area (TPSA) is 75.8 Å². The molecule has 16 heavy (non-hydrogen) atoms. The van der Waals surface area contributed by atoms with E-state index in [2.05, 4.69) is 0 Å². The van der Waals surface area contributed by atoms with Crippen LogP contribution in [0.4, 0.5) is 0 Å². The Labute approximate surface area is 96.6 Å². The Morgan fingerprint density at radius 2 is 2.31 bits per heavy atom. The molecule has 5 heteroatoms. The zero-order valence-electron chi connectivity index (χ0n) is 10.1. The van der Waals surface area contributed by atoms with Gasteiger partial charge in [0.15, 0.2) is 0 Å². The second kappa shape index (κ2) is 6.18. The van der Waals surface area contributed by atoms with Crippen molar-refractivity contribution in [1.29, 1.82) is 0 Å². The van der Waals surface area contributed by atoms with Crippen molar-refractivity contribution < 1.29 is 14.6 Å². The molecule has 0 heterocycles. The first kappa shape index (κ1) is 13.4. The molecular weight excluding hydrogens is 208 g/mol. The minimum Gasteiger partial charge on any atom is -0.389 e. The van der Waals surface area contributed by atoms with E-state index in [-0.39, 0.29) is 24.5 Å². The van der Waals surface area contributed by atoms with Crippen LogP contribution in [0.25, 0.3) is 0 Å². The summed E-state index contributed by atoms with van der Waals surface area (Å²) in [6, 6.07) is 0.159. The monoisotopic (exact) mass is 230 g/mol. The zero-order valence-corrected chi connectivity index (χ0v) is 10.1. The number of amides is 1. The van der Waals surface area contributed by atoms with E-state index in [1.54, 1.807) is 11.9 Å². The van der Waals surface area contributed by atoms with Crippen molar-refractivity contribution in [3.8, 4) is 0 Å². The van der Waals surface area contributed by atoms with Gasteiger partial charge in [-0.15, -0.1) is 0 Å². The highest BCUT2D eigenvalue weighted by Crippen LogP contribution is 2.25. The predicted octanol–water partition coefficient (Wildman–Crippen LogP) is -0.420. The molecular formula is C11H22N2O3. The Bertz CT molecular complexity index is 235. The molecule has 1 aliphatic rings. The number of nitrogens with zero attached hydrogens (tertiary/aromatic N) is 1. The van der Waals surface area contributed by atoms with Crippen LogP contribution in [-0.4, -0.2) is 55.4 Å². The molecule has 0 aromatic carbocycles. The number of aliphatic hydroxyl groups is 1. The molecule has 0 bridgehead atoms. The van der Waals surface area contributed by atoms with E-state index in [1.807, 2.05) is 0 Å². The lowest BCUT2D eigenvalue weighted by Crippen LogP contribution is -2.39. The SMILES string of the molecule is COCC(O)CN(C)C(=O)C1CCC(N)C1. The summed E-state index contributed by atoms with van der Waals surface area (Å²) in [6.07, 6.45) is 1.94. The van der Waals surface area contributed by atoms with Gasteiger partial charge < -0.3 is 20.5 Å². The molecule has 0 aromatic heterocycles. The van der Waals surface area contributed by atoms with Gasteiger partial charge in [0.25, 0.3) is 0 Å². The maximum Gasteiger partial charge on any atom is 0.225 e. The van der Waals surface area contributed by atoms with Crippen LogP contribution >= 0.6 is 0 Å². The molecule has 3 atom stereocenters. The first-order valence-corrected chi connectivity index (χ1v) is 5.72. The summed E-state index contributed by atoms with van der Waals surface area (Å²) in [6.45, 7) is 0.570. The molecule has 1 rings (SSSR count). The van der Waals surface area contributed by atoms with Crippen molar-refractivity contribution in [2.75, 3.05) is 27.3 Å². The Kier molecular flexibility index (Phi) is 5.18. The quantitative estimate of drug-likeness (QED) is 0.672. The number of hydrogen-bond donors (Lipinski definition) is 2. The van der Waals surface area contributed by atoms with Gasteiger partial charge in [-0.2, -0.15) is 0 Å². The van der Waals surface area contributed by atoms with Gasteiger partial charge in [-0.05, 0) is 19.3 Å². The molecule has 1 saturated carbocycles. The van der Waals surface area contributed by atoms with Crippen LogP contribution in [0.1, 0.15) is 19.3 Å². The molecule has 0 radical (unpaired) electrons. The number of rotatable bonds is 5. The third-order valence-electron chi connectivity index (χ3n) is 3.04. The van der Waals surface area contributed by atoms with E-state index in [1.165, 1.54) is 7.11 Å². The predicted molar refractivity (Wildman–Crippen MR) is 60.8 cm³/mol. The van der Waals surface area contributed by atoms with Crippen LogP contribution in [0, 0.1) is 5.92 Å². The lowest BCUT2D eigenvalue weighted by atomic mass is 10.1. The summed E-state index contributed by atoms with van der Waals surface area (Å²) < 4.78 is 4.82. The second-order valence-electron chi connectivity index (χ2n) is 4.60. The fraction of sp³-hybridized carbons (Fsp3) is 0.909. The number of hydrogen-bond acceptors (Lipinski definition) is 4. The molecule has 5 nitrogen and oxygen atoms in total. The molecule has 94 valence electrons. The first-order valence-electron chi connectivity index (χ1n) is 5.72. The molecule has 3 N–H and O–H groups in total. The van der Waals surface area contributed by atoms with E-state index < -0.39 is 6.10 Å². The summed E-state index contributed by atoms with van der Waals surface area (Å²) in [7, 11) is 3.24. The number of ether oxygens (including phenoxy) is 1. The maximum absolute atomic E-state index is 11.9. The normalized spacial score (nSPS) is 26.8. The van der Waals surface area contributed by atoms with Gasteiger partial charge in [-0.25, -0.2) is 0 Å². The van der Waals surface area contributed by atoms with Crippen LogP contribution in [0.3, 0.4) is 0 Å². The standard InChI is InChI=1S/C11H22N2O3/c1-13(6-10(14)7-16-2)11(15)8-3-4-9(12)5-8/h8-10,14H,3-7,12H2,1-2H3. The van der Waals surface area contributed by atoms with Gasteiger partial charge >= 0.3 is 0 Å². The Morgan fingerprint density at radius 3 is 2.81 bits per heavy atom. The van der Waals surface area contributed by atoms with Crippen molar-refractivity contribution in [2.45, 2.75) is 31.4 Å². The summed E-state index contributed by atoms with van der Waals surface area (Å²) >= 11 is 0. The smallest absolute Gasteiger partial charge is 0.225 e.